The van der Waals surface area contributed by atoms with E-state index in [0.717, 1.165) is 32.2 Å². The highest BCUT2D eigenvalue weighted by Gasteiger charge is 2.48. The fourth-order valence-corrected chi connectivity index (χ4v) is 4.95. The van der Waals surface area contributed by atoms with E-state index < -0.39 is 30.7 Å². The summed E-state index contributed by atoms with van der Waals surface area (Å²) in [4.78, 5) is 24.5. The molecule has 14 heteroatoms. The number of aliphatic hydroxyl groups excluding tert-OH is 1. The van der Waals surface area contributed by atoms with Gasteiger partial charge >= 0.3 is 6.18 Å². The van der Waals surface area contributed by atoms with E-state index in [4.69, 9.17) is 15.5 Å². The van der Waals surface area contributed by atoms with Gasteiger partial charge in [-0.1, -0.05) is 6.92 Å². The van der Waals surface area contributed by atoms with Crippen molar-refractivity contribution in [2.45, 2.75) is 52.8 Å². The standard InChI is InChI=1S/C26H36F3N7O3S/c1-16-11-25(4,5)35(13-16)22-17(23(38)34-40-19(12-31-6)18(30)14-37)7-8-20(32-22)36-10-9-21(33-36)39-15-24(2,3)26(27,28)29/h7-10,12,16,37H,11,13-15,30H2,1-6H3,(H,34,38). The van der Waals surface area contributed by atoms with Crippen LogP contribution in [0.5, 0.6) is 5.88 Å². The predicted octanol–water partition coefficient (Wildman–Crippen LogP) is 4.10. The van der Waals surface area contributed by atoms with Crippen LogP contribution in [0.3, 0.4) is 0 Å². The second-order valence-electron chi connectivity index (χ2n) is 11.0. The molecule has 40 heavy (non-hydrogen) atoms. The molecule has 1 atom stereocenters. The lowest BCUT2D eigenvalue weighted by Gasteiger charge is -2.34. The molecule has 1 unspecified atom stereocenters. The summed E-state index contributed by atoms with van der Waals surface area (Å²) in [5, 5.41) is 13.6. The van der Waals surface area contributed by atoms with Crippen molar-refractivity contribution in [2.24, 2.45) is 22.1 Å². The van der Waals surface area contributed by atoms with Crippen molar-refractivity contribution in [3.8, 4) is 11.7 Å². The van der Waals surface area contributed by atoms with Crippen molar-refractivity contribution in [3.63, 3.8) is 0 Å². The monoisotopic (exact) mass is 583 g/mol. The molecule has 10 nitrogen and oxygen atoms in total. The van der Waals surface area contributed by atoms with Crippen LogP contribution in [0, 0.1) is 11.3 Å². The number of alkyl halides is 3. The van der Waals surface area contributed by atoms with Gasteiger partial charge in [0.15, 0.2) is 5.82 Å². The molecule has 0 bridgehead atoms. The number of anilines is 1. The van der Waals surface area contributed by atoms with Crippen molar-refractivity contribution in [2.75, 3.05) is 31.7 Å². The van der Waals surface area contributed by atoms with E-state index in [1.54, 1.807) is 19.2 Å². The summed E-state index contributed by atoms with van der Waals surface area (Å²) in [7, 11) is 1.55. The first kappa shape index (κ1) is 31.3. The number of aliphatic hydroxyl groups is 1. The van der Waals surface area contributed by atoms with Gasteiger partial charge in [0.1, 0.15) is 12.4 Å². The van der Waals surface area contributed by atoms with Crippen molar-refractivity contribution >= 4 is 29.9 Å². The normalized spacial score (nSPS) is 18.2. The first-order valence-corrected chi connectivity index (χ1v) is 13.4. The van der Waals surface area contributed by atoms with E-state index in [2.05, 4.69) is 40.5 Å². The lowest BCUT2D eigenvalue weighted by Crippen LogP contribution is -2.40. The van der Waals surface area contributed by atoms with Gasteiger partial charge in [0.2, 0.25) is 5.88 Å². The molecule has 0 aliphatic carbocycles. The average molecular weight is 584 g/mol. The number of ether oxygens (including phenoxy) is 1. The third-order valence-electron chi connectivity index (χ3n) is 6.57. The van der Waals surface area contributed by atoms with Gasteiger partial charge in [-0.2, -0.15) is 13.2 Å². The van der Waals surface area contributed by atoms with Crippen LogP contribution in [0.25, 0.3) is 5.82 Å². The number of pyridine rings is 1. The summed E-state index contributed by atoms with van der Waals surface area (Å²) in [5.41, 5.74) is 3.96. The molecule has 0 radical (unpaired) electrons. The number of hydrogen-bond donors (Lipinski definition) is 3. The van der Waals surface area contributed by atoms with E-state index >= 15 is 0 Å². The molecule has 3 heterocycles. The minimum atomic E-state index is -4.43. The predicted molar refractivity (Wildman–Crippen MR) is 150 cm³/mol. The SMILES string of the molecule is CN=CC(SNC(=O)c1ccc(-n2ccc(OCC(C)(C)C(F)(F)F)n2)nc1N1CC(C)CC1(C)C)=C(N)CO. The molecule has 1 saturated heterocycles. The van der Waals surface area contributed by atoms with Gasteiger partial charge in [0.25, 0.3) is 5.91 Å². The Kier molecular flexibility index (Phi) is 9.45. The van der Waals surface area contributed by atoms with Crippen LogP contribution >= 0.6 is 11.9 Å². The van der Waals surface area contributed by atoms with Gasteiger partial charge in [0.05, 0.1) is 28.2 Å². The van der Waals surface area contributed by atoms with E-state index in [1.165, 1.54) is 23.2 Å². The average Bonchev–Trinajstić information content (AvgIpc) is 3.46. The second-order valence-corrected chi connectivity index (χ2v) is 11.9. The van der Waals surface area contributed by atoms with Crippen LogP contribution in [-0.2, 0) is 0 Å². The summed E-state index contributed by atoms with van der Waals surface area (Å²) in [5.74, 6) is 0.745. The molecule has 1 fully saturated rings. The third kappa shape index (κ3) is 7.08. The smallest absolute Gasteiger partial charge is 0.397 e. The number of nitrogens with zero attached hydrogens (tertiary/aromatic N) is 5. The number of amides is 1. The van der Waals surface area contributed by atoms with Gasteiger partial charge in [-0.3, -0.25) is 14.5 Å². The Morgan fingerprint density at radius 2 is 2.05 bits per heavy atom. The third-order valence-corrected chi connectivity index (χ3v) is 7.44. The Morgan fingerprint density at radius 3 is 2.62 bits per heavy atom. The summed E-state index contributed by atoms with van der Waals surface area (Å²) < 4.78 is 49.1. The van der Waals surface area contributed by atoms with Crippen molar-refractivity contribution in [3.05, 3.63) is 40.6 Å². The van der Waals surface area contributed by atoms with E-state index in [0.29, 0.717) is 34.6 Å². The van der Waals surface area contributed by atoms with Crippen LogP contribution in [0.2, 0.25) is 0 Å². The summed E-state index contributed by atoms with van der Waals surface area (Å²) in [6.07, 6.45) is -0.564. The number of carbonyl (C=O) groups excluding carboxylic acids is 1. The number of halogens is 3. The first-order valence-electron chi connectivity index (χ1n) is 12.6. The van der Waals surface area contributed by atoms with Gasteiger partial charge in [-0.15, -0.1) is 5.10 Å². The lowest BCUT2D eigenvalue weighted by molar-refractivity contribution is -0.219. The number of carbonyl (C=O) groups is 1. The highest BCUT2D eigenvalue weighted by Crippen LogP contribution is 2.39. The number of nitrogens with two attached hydrogens (primary N) is 1. The molecule has 4 N–H and O–H groups in total. The molecule has 0 aromatic carbocycles. The number of allylic oxidation sites excluding steroid dienone is 1. The Bertz CT molecular complexity index is 1270. The number of hydrogen-bond acceptors (Lipinski definition) is 9. The molecule has 2 aromatic heterocycles. The fourth-order valence-electron chi connectivity index (χ4n) is 4.28. The summed E-state index contributed by atoms with van der Waals surface area (Å²) >= 11 is 0.932. The zero-order valence-electron chi connectivity index (χ0n) is 23.4. The lowest BCUT2D eigenvalue weighted by atomic mass is 9.94. The van der Waals surface area contributed by atoms with E-state index in [9.17, 15) is 23.1 Å². The second kappa shape index (κ2) is 12.1. The largest absolute Gasteiger partial charge is 0.476 e. The summed E-state index contributed by atoms with van der Waals surface area (Å²) in [6.45, 7) is 8.07. The van der Waals surface area contributed by atoms with Crippen molar-refractivity contribution < 1.29 is 27.8 Å². The maximum Gasteiger partial charge on any atom is 0.397 e. The molecule has 220 valence electrons. The molecule has 0 saturated carbocycles. The Hall–Kier alpha value is -3.26. The molecule has 2 aromatic rings. The fraction of sp³-hybridized carbons (Fsp3) is 0.538. The minimum absolute atomic E-state index is 0.0207. The Morgan fingerprint density at radius 1 is 1.35 bits per heavy atom. The number of nitrogens with one attached hydrogen (secondary N) is 1. The quantitative estimate of drug-likeness (QED) is 0.282. The van der Waals surface area contributed by atoms with Crippen LogP contribution < -0.4 is 20.1 Å². The molecule has 3 rings (SSSR count). The van der Waals surface area contributed by atoms with Gasteiger partial charge in [-0.25, -0.2) is 9.67 Å². The van der Waals surface area contributed by atoms with Crippen LogP contribution in [0.15, 0.2) is 40.0 Å². The van der Waals surface area contributed by atoms with Crippen molar-refractivity contribution in [1.82, 2.24) is 19.5 Å². The molecule has 1 amide bonds. The maximum absolute atomic E-state index is 13.3. The topological polar surface area (TPSA) is 131 Å². The van der Waals surface area contributed by atoms with Crippen LogP contribution in [0.4, 0.5) is 19.0 Å². The van der Waals surface area contributed by atoms with E-state index in [1.807, 2.05) is 0 Å². The van der Waals surface area contributed by atoms with E-state index in [-0.39, 0.29) is 17.1 Å². The van der Waals surface area contributed by atoms with Gasteiger partial charge in [-0.05, 0) is 64.1 Å². The molecule has 1 aliphatic heterocycles. The number of rotatable bonds is 10. The highest BCUT2D eigenvalue weighted by atomic mass is 32.2. The van der Waals surface area contributed by atoms with Crippen LogP contribution in [-0.4, -0.2) is 70.5 Å². The molecule has 1 aliphatic rings. The Labute approximate surface area is 236 Å². The maximum atomic E-state index is 13.3. The molecular formula is C26H36F3N7O3S. The van der Waals surface area contributed by atoms with Crippen LogP contribution in [0.1, 0.15) is 51.4 Å². The minimum Gasteiger partial charge on any atom is -0.476 e. The summed E-state index contributed by atoms with van der Waals surface area (Å²) in [6, 6.07) is 4.67. The number of aliphatic imine (C=N–C) groups is 1. The zero-order chi connectivity index (χ0) is 29.9. The van der Waals surface area contributed by atoms with Crippen molar-refractivity contribution in [1.29, 1.82) is 0 Å². The Balaban J connectivity index is 1.93. The highest BCUT2D eigenvalue weighted by molar-refractivity contribution is 8.02. The van der Waals surface area contributed by atoms with Gasteiger partial charge in [0, 0.05) is 37.6 Å². The number of aromatic nitrogens is 3. The van der Waals surface area contributed by atoms with Gasteiger partial charge < -0.3 is 20.5 Å². The first-order chi connectivity index (χ1) is 18.6. The molecular weight excluding hydrogens is 547 g/mol. The zero-order valence-corrected chi connectivity index (χ0v) is 24.2. The molecule has 0 spiro atoms.